The number of alkyl halides is 1. The summed E-state index contributed by atoms with van der Waals surface area (Å²) >= 11 is 13.2. The van der Waals surface area contributed by atoms with Crippen LogP contribution >= 0.6 is 43.5 Å². The van der Waals surface area contributed by atoms with Crippen LogP contribution in [0.15, 0.2) is 33.2 Å². The number of hydrogen-bond donors (Lipinski definition) is 0. The molecule has 2 nitrogen and oxygen atoms in total. The number of aryl methyl sites for hydroxylation is 1. The molecule has 5 heteroatoms. The van der Waals surface area contributed by atoms with Crippen LogP contribution in [0.3, 0.4) is 0 Å². The van der Waals surface area contributed by atoms with Crippen LogP contribution in [0.5, 0.6) is 5.75 Å². The third-order valence-corrected chi connectivity index (χ3v) is 4.55. The summed E-state index contributed by atoms with van der Waals surface area (Å²) in [6.45, 7) is 2.06. The molecular weight excluding hydrogens is 395 g/mol. The van der Waals surface area contributed by atoms with Gasteiger partial charge in [0.15, 0.2) is 0 Å². The van der Waals surface area contributed by atoms with Crippen molar-refractivity contribution in [2.75, 3.05) is 7.11 Å². The number of furan rings is 1. The molecule has 0 bridgehead atoms. The van der Waals surface area contributed by atoms with Gasteiger partial charge < -0.3 is 9.15 Å². The molecule has 0 fully saturated rings. The fraction of sp³-hybridized carbons (Fsp3) is 0.286. The third-order valence-electron chi connectivity index (χ3n) is 2.79. The second-order valence-electron chi connectivity index (χ2n) is 4.03. The van der Waals surface area contributed by atoms with Crippen LogP contribution in [0.25, 0.3) is 0 Å². The minimum absolute atomic E-state index is 0.0993. The van der Waals surface area contributed by atoms with E-state index in [1.807, 2.05) is 24.3 Å². The van der Waals surface area contributed by atoms with Gasteiger partial charge in [-0.05, 0) is 40.2 Å². The molecule has 0 N–H and O–H groups in total. The summed E-state index contributed by atoms with van der Waals surface area (Å²) in [6.07, 6.45) is 0.871. The van der Waals surface area contributed by atoms with E-state index in [2.05, 4.69) is 38.8 Å². The smallest absolute Gasteiger partial charge is 0.137 e. The highest BCUT2D eigenvalue weighted by Gasteiger charge is 2.21. The first-order valence-electron chi connectivity index (χ1n) is 5.82. The van der Waals surface area contributed by atoms with E-state index in [0.717, 1.165) is 33.7 Å². The van der Waals surface area contributed by atoms with Crippen molar-refractivity contribution in [3.8, 4) is 5.75 Å². The van der Waals surface area contributed by atoms with Crippen molar-refractivity contribution in [2.45, 2.75) is 18.2 Å². The molecule has 1 atom stereocenters. The molecule has 0 saturated heterocycles. The first kappa shape index (κ1) is 14.9. The van der Waals surface area contributed by atoms with E-state index >= 15 is 0 Å². The molecule has 0 aliphatic heterocycles. The van der Waals surface area contributed by atoms with Gasteiger partial charge in [0.1, 0.15) is 22.1 Å². The monoisotopic (exact) mass is 406 g/mol. The zero-order valence-electron chi connectivity index (χ0n) is 10.5. The molecule has 1 aromatic heterocycles. The van der Waals surface area contributed by atoms with Crippen molar-refractivity contribution in [1.82, 2.24) is 0 Å². The number of halogens is 3. The molecule has 0 saturated carbocycles. The lowest BCUT2D eigenvalue weighted by atomic mass is 10.1. The fourth-order valence-corrected chi connectivity index (χ4v) is 3.44. The van der Waals surface area contributed by atoms with Gasteiger partial charge in [0, 0.05) is 17.0 Å². The Hall–Kier alpha value is -0.450. The standard InChI is InChI=1S/C14H13Br2ClO2/c1-3-9-4-5-12(19-9)13(16)10-6-8(17)7-11(15)14(10)18-2/h4-7,13H,3H2,1-2H3. The van der Waals surface area contributed by atoms with Crippen molar-refractivity contribution in [1.29, 1.82) is 0 Å². The Balaban J connectivity index is 2.45. The van der Waals surface area contributed by atoms with E-state index in [4.69, 9.17) is 20.8 Å². The molecule has 0 radical (unpaired) electrons. The highest BCUT2D eigenvalue weighted by molar-refractivity contribution is 9.10. The maximum Gasteiger partial charge on any atom is 0.137 e. The van der Waals surface area contributed by atoms with E-state index < -0.39 is 0 Å². The molecule has 2 rings (SSSR count). The average Bonchev–Trinajstić information content (AvgIpc) is 2.85. The van der Waals surface area contributed by atoms with Crippen LogP contribution < -0.4 is 4.74 Å². The van der Waals surface area contributed by atoms with Crippen molar-refractivity contribution >= 4 is 43.5 Å². The molecule has 1 unspecified atom stereocenters. The Morgan fingerprint density at radius 2 is 2.11 bits per heavy atom. The number of methoxy groups -OCH3 is 1. The quantitative estimate of drug-likeness (QED) is 0.601. The van der Waals surface area contributed by atoms with Crippen LogP contribution in [0, 0.1) is 0 Å². The summed E-state index contributed by atoms with van der Waals surface area (Å²) in [6, 6.07) is 7.63. The van der Waals surface area contributed by atoms with Gasteiger partial charge in [0.2, 0.25) is 0 Å². The number of benzene rings is 1. The minimum Gasteiger partial charge on any atom is -0.495 e. The van der Waals surface area contributed by atoms with Gasteiger partial charge in [-0.3, -0.25) is 0 Å². The number of ether oxygens (including phenoxy) is 1. The van der Waals surface area contributed by atoms with E-state index in [9.17, 15) is 0 Å². The first-order valence-corrected chi connectivity index (χ1v) is 7.91. The zero-order valence-corrected chi connectivity index (χ0v) is 14.5. The maximum absolute atomic E-state index is 6.11. The molecule has 0 aliphatic rings. The minimum atomic E-state index is -0.0993. The number of hydrogen-bond acceptors (Lipinski definition) is 2. The maximum atomic E-state index is 6.11. The molecule has 1 heterocycles. The SMILES string of the molecule is CCc1ccc(C(Br)c2cc(Cl)cc(Br)c2OC)o1. The van der Waals surface area contributed by atoms with Gasteiger partial charge >= 0.3 is 0 Å². The molecular formula is C14H13Br2ClO2. The molecule has 102 valence electrons. The number of rotatable bonds is 4. The van der Waals surface area contributed by atoms with Crippen molar-refractivity contribution < 1.29 is 9.15 Å². The fourth-order valence-electron chi connectivity index (χ4n) is 1.86. The Morgan fingerprint density at radius 3 is 2.68 bits per heavy atom. The van der Waals surface area contributed by atoms with Crippen molar-refractivity contribution in [3.63, 3.8) is 0 Å². The Bertz CT molecular complexity index is 581. The summed E-state index contributed by atoms with van der Waals surface area (Å²) in [5.41, 5.74) is 0.930. The second-order valence-corrected chi connectivity index (χ2v) is 6.24. The first-order chi connectivity index (χ1) is 9.06. The largest absolute Gasteiger partial charge is 0.495 e. The zero-order chi connectivity index (χ0) is 14.0. The van der Waals surface area contributed by atoms with E-state index in [0.29, 0.717) is 5.02 Å². The summed E-state index contributed by atoms with van der Waals surface area (Å²) in [7, 11) is 1.64. The van der Waals surface area contributed by atoms with Gasteiger partial charge in [0.05, 0.1) is 11.6 Å². The molecule has 1 aromatic carbocycles. The highest BCUT2D eigenvalue weighted by atomic mass is 79.9. The second kappa shape index (κ2) is 6.33. The third kappa shape index (κ3) is 3.18. The molecule has 0 amide bonds. The lowest BCUT2D eigenvalue weighted by Gasteiger charge is -2.14. The van der Waals surface area contributed by atoms with Gasteiger partial charge in [-0.1, -0.05) is 34.5 Å². The predicted octanol–water partition coefficient (Wildman–Crippen LogP) is 5.75. The topological polar surface area (TPSA) is 22.4 Å². The molecule has 2 aromatic rings. The van der Waals surface area contributed by atoms with Crippen LogP contribution in [-0.2, 0) is 6.42 Å². The lowest BCUT2D eigenvalue weighted by molar-refractivity contribution is 0.405. The summed E-state index contributed by atoms with van der Waals surface area (Å²) in [5, 5.41) is 0.648. The summed E-state index contributed by atoms with van der Waals surface area (Å²) < 4.78 is 12.0. The van der Waals surface area contributed by atoms with Crippen molar-refractivity contribution in [2.24, 2.45) is 0 Å². The molecule has 19 heavy (non-hydrogen) atoms. The Kier molecular flexibility index (Phi) is 4.98. The van der Waals surface area contributed by atoms with Gasteiger partial charge in [-0.2, -0.15) is 0 Å². The van der Waals surface area contributed by atoms with Crippen LogP contribution in [0.2, 0.25) is 5.02 Å². The Morgan fingerprint density at radius 1 is 1.37 bits per heavy atom. The summed E-state index contributed by atoms with van der Waals surface area (Å²) in [5.74, 6) is 2.55. The van der Waals surface area contributed by atoms with Crippen LogP contribution in [-0.4, -0.2) is 7.11 Å². The predicted molar refractivity (Wildman–Crippen MR) is 84.6 cm³/mol. The van der Waals surface area contributed by atoms with Crippen LogP contribution in [0.4, 0.5) is 0 Å². The van der Waals surface area contributed by atoms with E-state index in [1.165, 1.54) is 0 Å². The van der Waals surface area contributed by atoms with Crippen LogP contribution in [0.1, 0.15) is 28.8 Å². The van der Waals surface area contributed by atoms with Gasteiger partial charge in [-0.15, -0.1) is 0 Å². The van der Waals surface area contributed by atoms with Crippen molar-refractivity contribution in [3.05, 3.63) is 50.8 Å². The molecule has 0 aliphatic carbocycles. The molecule has 0 spiro atoms. The van der Waals surface area contributed by atoms with E-state index in [1.54, 1.807) is 7.11 Å². The Labute approximate surface area is 134 Å². The van der Waals surface area contributed by atoms with E-state index in [-0.39, 0.29) is 4.83 Å². The average molecular weight is 409 g/mol. The summed E-state index contributed by atoms with van der Waals surface area (Å²) in [4.78, 5) is -0.0993. The lowest BCUT2D eigenvalue weighted by Crippen LogP contribution is -1.97. The normalized spacial score (nSPS) is 12.5. The van der Waals surface area contributed by atoms with Gasteiger partial charge in [-0.25, -0.2) is 0 Å². The highest BCUT2D eigenvalue weighted by Crippen LogP contribution is 2.42. The van der Waals surface area contributed by atoms with Gasteiger partial charge in [0.25, 0.3) is 0 Å².